The maximum Gasteiger partial charge on any atom is 0.349 e. The zero-order chi connectivity index (χ0) is 16.0. The quantitative estimate of drug-likeness (QED) is 0.513. The molecule has 0 saturated heterocycles. The molecule has 0 atom stereocenters. The first-order chi connectivity index (χ1) is 9.88. The van der Waals surface area contributed by atoms with Gasteiger partial charge in [-0.2, -0.15) is 5.26 Å². The average molecular weight is 310 g/mol. The zero-order valence-corrected chi connectivity index (χ0v) is 12.8. The van der Waals surface area contributed by atoms with Crippen LogP contribution in [0, 0.1) is 11.3 Å². The van der Waals surface area contributed by atoms with E-state index in [4.69, 9.17) is 26.3 Å². The molecular weight excluding hydrogens is 294 g/mol. The van der Waals surface area contributed by atoms with E-state index in [1.54, 1.807) is 26.8 Å². The molecule has 0 aliphatic heterocycles. The molecule has 0 heterocycles. The van der Waals surface area contributed by atoms with E-state index in [-0.39, 0.29) is 28.2 Å². The SMILES string of the molecule is CCOc1cc(/C=C(\C#N)C(=O)OC(C)C)cc(Cl)c1O. The van der Waals surface area contributed by atoms with Crippen molar-refractivity contribution in [3.05, 3.63) is 28.3 Å². The highest BCUT2D eigenvalue weighted by Gasteiger charge is 2.14. The molecule has 0 aliphatic carbocycles. The monoisotopic (exact) mass is 309 g/mol. The molecule has 112 valence electrons. The molecule has 1 aromatic rings. The van der Waals surface area contributed by atoms with Gasteiger partial charge in [0.05, 0.1) is 17.7 Å². The highest BCUT2D eigenvalue weighted by atomic mass is 35.5. The third-order valence-corrected chi connectivity index (χ3v) is 2.63. The molecule has 0 spiro atoms. The van der Waals surface area contributed by atoms with Gasteiger partial charge < -0.3 is 14.6 Å². The summed E-state index contributed by atoms with van der Waals surface area (Å²) in [7, 11) is 0. The molecule has 6 heteroatoms. The fourth-order valence-electron chi connectivity index (χ4n) is 1.52. The lowest BCUT2D eigenvalue weighted by molar-refractivity contribution is -0.142. The molecule has 0 unspecified atom stereocenters. The van der Waals surface area contributed by atoms with Gasteiger partial charge in [-0.3, -0.25) is 0 Å². The fraction of sp³-hybridized carbons (Fsp3) is 0.333. The number of phenols is 1. The second-order valence-electron chi connectivity index (χ2n) is 4.41. The van der Waals surface area contributed by atoms with E-state index in [1.165, 1.54) is 18.2 Å². The van der Waals surface area contributed by atoms with Crippen molar-refractivity contribution >= 4 is 23.6 Å². The van der Waals surface area contributed by atoms with Crippen LogP contribution in [0.3, 0.4) is 0 Å². The number of benzene rings is 1. The summed E-state index contributed by atoms with van der Waals surface area (Å²) in [4.78, 5) is 11.7. The first-order valence-corrected chi connectivity index (χ1v) is 6.74. The van der Waals surface area contributed by atoms with Crippen LogP contribution < -0.4 is 4.74 Å². The largest absolute Gasteiger partial charge is 0.503 e. The summed E-state index contributed by atoms with van der Waals surface area (Å²) in [6.45, 7) is 5.49. The van der Waals surface area contributed by atoms with Gasteiger partial charge in [-0.05, 0) is 44.5 Å². The topological polar surface area (TPSA) is 79.5 Å². The summed E-state index contributed by atoms with van der Waals surface area (Å²) in [6, 6.07) is 4.70. The number of phenolic OH excluding ortho intramolecular Hbond substituents is 1. The number of nitriles is 1. The van der Waals surface area contributed by atoms with E-state index < -0.39 is 5.97 Å². The molecule has 5 nitrogen and oxygen atoms in total. The van der Waals surface area contributed by atoms with Crippen LogP contribution in [0.2, 0.25) is 5.02 Å². The first kappa shape index (κ1) is 16.9. The highest BCUT2D eigenvalue weighted by molar-refractivity contribution is 6.32. The summed E-state index contributed by atoms with van der Waals surface area (Å²) in [5, 5.41) is 18.8. The fourth-order valence-corrected chi connectivity index (χ4v) is 1.74. The van der Waals surface area contributed by atoms with Gasteiger partial charge in [0.15, 0.2) is 11.5 Å². The van der Waals surface area contributed by atoms with Gasteiger partial charge in [-0.25, -0.2) is 4.79 Å². The van der Waals surface area contributed by atoms with Crippen molar-refractivity contribution < 1.29 is 19.4 Å². The number of rotatable bonds is 5. The van der Waals surface area contributed by atoms with E-state index >= 15 is 0 Å². The van der Waals surface area contributed by atoms with Gasteiger partial charge in [0, 0.05) is 0 Å². The van der Waals surface area contributed by atoms with E-state index in [9.17, 15) is 9.90 Å². The van der Waals surface area contributed by atoms with Crippen LogP contribution in [-0.4, -0.2) is 23.8 Å². The van der Waals surface area contributed by atoms with Crippen molar-refractivity contribution in [1.29, 1.82) is 5.26 Å². The van der Waals surface area contributed by atoms with E-state index in [2.05, 4.69) is 0 Å². The lowest BCUT2D eigenvalue weighted by Crippen LogP contribution is -2.12. The van der Waals surface area contributed by atoms with Crippen LogP contribution in [0.1, 0.15) is 26.3 Å². The molecule has 21 heavy (non-hydrogen) atoms. The second-order valence-corrected chi connectivity index (χ2v) is 4.81. The normalized spacial score (nSPS) is 11.1. The Hall–Kier alpha value is -2.19. The third kappa shape index (κ3) is 4.69. The molecule has 0 fully saturated rings. The second kappa shape index (κ2) is 7.55. The summed E-state index contributed by atoms with van der Waals surface area (Å²) < 4.78 is 10.2. The van der Waals surface area contributed by atoms with E-state index in [0.717, 1.165) is 0 Å². The number of esters is 1. The van der Waals surface area contributed by atoms with Gasteiger partial charge in [0.1, 0.15) is 11.6 Å². The Bertz CT molecular complexity index is 602. The van der Waals surface area contributed by atoms with Crippen molar-refractivity contribution in [2.45, 2.75) is 26.9 Å². The number of hydrogen-bond donors (Lipinski definition) is 1. The number of hydrogen-bond acceptors (Lipinski definition) is 5. The molecule has 1 N–H and O–H groups in total. The van der Waals surface area contributed by atoms with Crippen molar-refractivity contribution in [3.63, 3.8) is 0 Å². The molecule has 1 rings (SSSR count). The maximum absolute atomic E-state index is 11.7. The first-order valence-electron chi connectivity index (χ1n) is 6.37. The van der Waals surface area contributed by atoms with Crippen molar-refractivity contribution in [1.82, 2.24) is 0 Å². The van der Waals surface area contributed by atoms with Crippen molar-refractivity contribution in [2.75, 3.05) is 6.61 Å². The van der Waals surface area contributed by atoms with Gasteiger partial charge in [0.2, 0.25) is 0 Å². The summed E-state index contributed by atoms with van der Waals surface area (Å²) in [5.41, 5.74) is 0.298. The van der Waals surface area contributed by atoms with Crippen LogP contribution >= 0.6 is 11.6 Å². The Morgan fingerprint density at radius 1 is 1.52 bits per heavy atom. The Morgan fingerprint density at radius 2 is 2.19 bits per heavy atom. The molecule has 0 aromatic heterocycles. The van der Waals surface area contributed by atoms with Gasteiger partial charge >= 0.3 is 5.97 Å². The predicted octanol–water partition coefficient (Wildman–Crippen LogP) is 3.30. The van der Waals surface area contributed by atoms with Crippen LogP contribution in [0.4, 0.5) is 0 Å². The number of aromatic hydroxyl groups is 1. The minimum Gasteiger partial charge on any atom is -0.503 e. The van der Waals surface area contributed by atoms with Crippen molar-refractivity contribution in [2.24, 2.45) is 0 Å². The van der Waals surface area contributed by atoms with Crippen LogP contribution in [0.25, 0.3) is 6.08 Å². The maximum atomic E-state index is 11.7. The third-order valence-electron chi connectivity index (χ3n) is 2.34. The zero-order valence-electron chi connectivity index (χ0n) is 12.0. The molecule has 0 bridgehead atoms. The molecule has 1 aromatic carbocycles. The van der Waals surface area contributed by atoms with Gasteiger partial charge in [0.25, 0.3) is 0 Å². The molecule has 0 radical (unpaired) electrons. The summed E-state index contributed by atoms with van der Waals surface area (Å²) in [5.74, 6) is -0.709. The molecular formula is C15H16ClNO4. The van der Waals surface area contributed by atoms with E-state index in [0.29, 0.717) is 12.2 Å². The van der Waals surface area contributed by atoms with Crippen LogP contribution in [0.15, 0.2) is 17.7 Å². The number of halogens is 1. The molecule has 0 aliphatic rings. The number of nitrogens with zero attached hydrogens (tertiary/aromatic N) is 1. The lowest BCUT2D eigenvalue weighted by atomic mass is 10.1. The van der Waals surface area contributed by atoms with Gasteiger partial charge in [-0.1, -0.05) is 11.6 Å². The summed E-state index contributed by atoms with van der Waals surface area (Å²) >= 11 is 5.89. The standard InChI is InChI=1S/C15H16ClNO4/c1-4-20-13-7-10(6-12(16)14(13)18)5-11(8-17)15(19)21-9(2)3/h5-7,9,18H,4H2,1-3H3/b11-5+. The molecule has 0 amide bonds. The smallest absolute Gasteiger partial charge is 0.349 e. The van der Waals surface area contributed by atoms with Crippen LogP contribution in [-0.2, 0) is 9.53 Å². The predicted molar refractivity (Wildman–Crippen MR) is 79.1 cm³/mol. The van der Waals surface area contributed by atoms with Crippen LogP contribution in [0.5, 0.6) is 11.5 Å². The number of carbonyl (C=O) groups excluding carboxylic acids is 1. The Morgan fingerprint density at radius 3 is 2.71 bits per heavy atom. The minimum atomic E-state index is -0.713. The number of carbonyl (C=O) groups is 1. The number of ether oxygens (including phenoxy) is 2. The lowest BCUT2D eigenvalue weighted by Gasteiger charge is -2.09. The highest BCUT2D eigenvalue weighted by Crippen LogP contribution is 2.35. The average Bonchev–Trinajstić information content (AvgIpc) is 2.40. The molecule has 0 saturated carbocycles. The Labute approximate surface area is 128 Å². The Kier molecular flexibility index (Phi) is 6.07. The van der Waals surface area contributed by atoms with Crippen molar-refractivity contribution in [3.8, 4) is 17.6 Å². The minimum absolute atomic E-state index is 0.0710. The Balaban J connectivity index is 3.17. The summed E-state index contributed by atoms with van der Waals surface area (Å²) in [6.07, 6.45) is 1.01. The van der Waals surface area contributed by atoms with E-state index in [1.807, 2.05) is 0 Å². The van der Waals surface area contributed by atoms with Gasteiger partial charge in [-0.15, -0.1) is 0 Å².